The lowest BCUT2D eigenvalue weighted by Gasteiger charge is -2.32. The lowest BCUT2D eigenvalue weighted by Crippen LogP contribution is -2.41. The van der Waals surface area contributed by atoms with Gasteiger partial charge in [0.1, 0.15) is 0 Å². The molecule has 6 aromatic rings. The Morgan fingerprint density at radius 1 is 0.500 bits per heavy atom. The number of rotatable bonds is 6. The van der Waals surface area contributed by atoms with E-state index in [1.54, 1.807) is 0 Å². The van der Waals surface area contributed by atoms with Crippen molar-refractivity contribution < 1.29 is 27.9 Å². The molecule has 4 aromatic heterocycles. The average Bonchev–Trinajstić information content (AvgIpc) is 3.97. The molecule has 66 heavy (non-hydrogen) atoms. The number of nitrogens with zero attached hydrogens (tertiary/aromatic N) is 6. The van der Waals surface area contributed by atoms with Gasteiger partial charge in [0.2, 0.25) is 0 Å². The van der Waals surface area contributed by atoms with Gasteiger partial charge in [-0.05, 0) is 157 Å². The predicted molar refractivity (Wildman–Crippen MR) is 266 cm³/mol. The Labute approximate surface area is 399 Å². The second kappa shape index (κ2) is 17.3. The van der Waals surface area contributed by atoms with Crippen LogP contribution in [-0.4, -0.2) is 84.3 Å². The van der Waals surface area contributed by atoms with Crippen molar-refractivity contribution in [3.8, 4) is 11.6 Å². The molecule has 0 amide bonds. The van der Waals surface area contributed by atoms with Crippen molar-refractivity contribution in [3.63, 3.8) is 0 Å². The number of halogens is 1. The van der Waals surface area contributed by atoms with Crippen LogP contribution in [0.3, 0.4) is 0 Å². The van der Waals surface area contributed by atoms with Gasteiger partial charge in [0.25, 0.3) is 0 Å². The molecule has 16 heteroatoms. The molecule has 0 unspecified atom stereocenters. The molecule has 0 bridgehead atoms. The second-order valence-corrected chi connectivity index (χ2v) is 22.5. The van der Waals surface area contributed by atoms with Gasteiger partial charge >= 0.3 is 21.1 Å². The zero-order valence-electron chi connectivity index (χ0n) is 40.7. The van der Waals surface area contributed by atoms with Crippen LogP contribution in [0.15, 0.2) is 89.7 Å². The largest absolute Gasteiger partial charge is 0.494 e. The molecule has 5 fully saturated rings. The summed E-state index contributed by atoms with van der Waals surface area (Å²) in [6.45, 7) is 24.5. The van der Waals surface area contributed by atoms with E-state index in [1.807, 2.05) is 95.3 Å². The molecule has 12 nitrogen and oxygen atoms in total. The summed E-state index contributed by atoms with van der Waals surface area (Å²) >= 11 is 3.52. The van der Waals surface area contributed by atoms with Gasteiger partial charge in [0.15, 0.2) is 11.6 Å². The third kappa shape index (κ3) is 8.96. The van der Waals surface area contributed by atoms with Crippen molar-refractivity contribution in [2.24, 2.45) is 0 Å². The number of fused-ring (bicyclic) bond motifs is 2. The Morgan fingerprint density at radius 3 is 1.30 bits per heavy atom. The third-order valence-electron chi connectivity index (χ3n) is 15.4. The zero-order chi connectivity index (χ0) is 47.0. The number of aromatic nitrogens is 6. The first kappa shape index (κ1) is 47.2. The van der Waals surface area contributed by atoms with Crippen molar-refractivity contribution in [2.75, 3.05) is 0 Å². The van der Waals surface area contributed by atoms with Crippen LogP contribution in [-0.2, 0) is 27.9 Å². The van der Waals surface area contributed by atoms with Crippen LogP contribution >= 0.6 is 15.9 Å². The minimum atomic E-state index is -0.476. The lowest BCUT2D eigenvalue weighted by atomic mass is 9.49. The molecular formula is C50H64B3BrN6O6. The lowest BCUT2D eigenvalue weighted by molar-refractivity contribution is 0.00578. The number of hydrogen-bond donors (Lipinski definition) is 0. The summed E-state index contributed by atoms with van der Waals surface area (Å²) in [5, 5.41) is 11.3. The predicted octanol–water partition coefficient (Wildman–Crippen LogP) is 10.7. The van der Waals surface area contributed by atoms with Crippen LogP contribution in [0.2, 0.25) is 0 Å². The molecule has 0 atom stereocenters. The maximum Gasteiger partial charge on any atom is 0.494 e. The van der Waals surface area contributed by atoms with E-state index < -0.39 is 14.0 Å². The zero-order valence-corrected chi connectivity index (χ0v) is 42.3. The van der Waals surface area contributed by atoms with Gasteiger partial charge in [-0.3, -0.25) is 0 Å². The molecule has 2 saturated carbocycles. The van der Waals surface area contributed by atoms with Crippen LogP contribution in [0.4, 0.5) is 0 Å². The number of hydrogen-bond acceptors (Lipinski definition) is 10. The summed E-state index contributed by atoms with van der Waals surface area (Å²) in [5.74, 6) is 3.01. The Hall–Kier alpha value is -3.89. The fraction of sp³-hybridized carbons (Fsp3) is 0.520. The van der Waals surface area contributed by atoms with Gasteiger partial charge in [-0.1, -0.05) is 59.1 Å². The summed E-state index contributed by atoms with van der Waals surface area (Å²) in [6.07, 6.45) is 11.4. The first-order valence-electron chi connectivity index (χ1n) is 23.7. The van der Waals surface area contributed by atoms with Crippen LogP contribution < -0.4 is 5.46 Å². The summed E-state index contributed by atoms with van der Waals surface area (Å²) in [5.41, 5.74) is 3.33. The van der Waals surface area contributed by atoms with Crippen LogP contribution in [0.5, 0.6) is 0 Å². The van der Waals surface area contributed by atoms with E-state index in [2.05, 4.69) is 108 Å². The molecule has 7 heterocycles. The smallest absolute Gasteiger partial charge is 0.405 e. The second-order valence-electron chi connectivity index (χ2n) is 21.6. The Morgan fingerprint density at radius 2 is 0.894 bits per heavy atom. The highest BCUT2D eigenvalue weighted by atomic mass is 79.9. The van der Waals surface area contributed by atoms with E-state index >= 15 is 0 Å². The van der Waals surface area contributed by atoms with Crippen molar-refractivity contribution in [1.82, 2.24) is 29.5 Å². The standard InChI is InChI=1S/C22H26BN3O2.C16H14BrN3.C12H24B2O4/c1-21(2)22(3,4)28-23(27-21)17-12-11-16-14-24-26(19(16)13-17)20-10-6-9-18(25-20)15-7-5-8-15;17-13-8-7-12-10-18-20(15(12)9-13)16-6-2-5-14(19-16)11-3-1-4-11;1-9(2)10(3,4)16-13(15-9)14-17-11(5,6)12(7,8)18-14/h6,9-15H,5,7-8H2,1-4H3;2,5-11H,1,3-4H2;1-8H3. The molecule has 3 aliphatic heterocycles. The van der Waals surface area contributed by atoms with E-state index in [0.717, 1.165) is 43.4 Å². The highest BCUT2D eigenvalue weighted by Crippen LogP contribution is 2.43. The molecule has 0 spiro atoms. The molecule has 11 rings (SSSR count). The maximum absolute atomic E-state index is 6.23. The Kier molecular flexibility index (Phi) is 12.3. The quantitative estimate of drug-likeness (QED) is 0.149. The van der Waals surface area contributed by atoms with Gasteiger partial charge in [0.05, 0.1) is 57.0 Å². The first-order chi connectivity index (χ1) is 31.0. The Balaban J connectivity index is 0.000000129. The summed E-state index contributed by atoms with van der Waals surface area (Å²) in [4.78, 5) is 9.70. The van der Waals surface area contributed by atoms with Gasteiger partial charge in [-0.15, -0.1) is 0 Å². The molecule has 2 aliphatic carbocycles. The highest BCUT2D eigenvalue weighted by Gasteiger charge is 2.63. The fourth-order valence-electron chi connectivity index (χ4n) is 8.50. The molecule has 2 aromatic carbocycles. The molecular weight excluding hydrogens is 893 g/mol. The normalized spacial score (nSPS) is 22.4. The van der Waals surface area contributed by atoms with Crippen molar-refractivity contribution >= 4 is 64.3 Å². The van der Waals surface area contributed by atoms with Crippen LogP contribution in [0.1, 0.15) is 145 Å². The topological polar surface area (TPSA) is 117 Å². The molecule has 346 valence electrons. The van der Waals surface area contributed by atoms with E-state index in [4.69, 9.17) is 37.9 Å². The van der Waals surface area contributed by atoms with E-state index in [0.29, 0.717) is 11.8 Å². The minimum absolute atomic E-state index is 0.356. The van der Waals surface area contributed by atoms with E-state index in [1.165, 1.54) is 49.9 Å². The molecule has 0 radical (unpaired) electrons. The third-order valence-corrected chi connectivity index (χ3v) is 15.9. The van der Waals surface area contributed by atoms with Crippen molar-refractivity contribution in [3.05, 3.63) is 101 Å². The summed E-state index contributed by atoms with van der Waals surface area (Å²) in [6, 6.07) is 24.9. The fourth-order valence-corrected chi connectivity index (χ4v) is 8.84. The monoisotopic (exact) mass is 956 g/mol. The van der Waals surface area contributed by atoms with E-state index in [9.17, 15) is 0 Å². The van der Waals surface area contributed by atoms with Crippen LogP contribution in [0.25, 0.3) is 33.4 Å². The molecule has 5 aliphatic rings. The van der Waals surface area contributed by atoms with Crippen molar-refractivity contribution in [1.29, 1.82) is 0 Å². The van der Waals surface area contributed by atoms with Gasteiger partial charge in [-0.2, -0.15) is 10.2 Å². The van der Waals surface area contributed by atoms with E-state index in [-0.39, 0.29) is 40.7 Å². The Bertz CT molecular complexity index is 2650. The SMILES string of the molecule is Brc1ccc2cnn(-c3cccc(C4CCC4)n3)c2c1.CC1(C)OB(B2OC(C)(C)C(C)(C)O2)OC1(C)C.CC1(C)OB(c2ccc3cnn(-c4cccc(C5CCC5)n4)c3c2)OC1(C)C. The first-order valence-corrected chi connectivity index (χ1v) is 24.4. The van der Waals surface area contributed by atoms with Gasteiger partial charge in [-0.25, -0.2) is 19.3 Å². The average molecular weight is 957 g/mol. The minimum Gasteiger partial charge on any atom is -0.405 e. The van der Waals surface area contributed by atoms with Gasteiger partial charge in [0, 0.05) is 38.5 Å². The van der Waals surface area contributed by atoms with Crippen molar-refractivity contribution in [2.45, 2.75) is 167 Å². The number of pyridine rings is 2. The molecule has 0 N–H and O–H groups in total. The summed E-state index contributed by atoms with van der Waals surface area (Å²) < 4.78 is 41.2. The summed E-state index contributed by atoms with van der Waals surface area (Å²) in [7, 11) is -1.33. The maximum atomic E-state index is 6.23. The number of benzene rings is 2. The van der Waals surface area contributed by atoms with Crippen LogP contribution in [0, 0.1) is 0 Å². The van der Waals surface area contributed by atoms with Gasteiger partial charge < -0.3 is 27.9 Å². The molecule has 3 saturated heterocycles. The highest BCUT2D eigenvalue weighted by molar-refractivity contribution is 9.10.